The first-order valence-electron chi connectivity index (χ1n) is 8.44. The van der Waals surface area contributed by atoms with Crippen LogP contribution in [0.25, 0.3) is 6.08 Å². The minimum atomic E-state index is -0.547. The van der Waals surface area contributed by atoms with Gasteiger partial charge in [-0.1, -0.05) is 24.3 Å². The third-order valence-electron chi connectivity index (χ3n) is 4.00. The number of hydrogen-bond donors (Lipinski definition) is 1. The molecular formula is C21H18N2O4S. The van der Waals surface area contributed by atoms with Crippen molar-refractivity contribution in [3.05, 3.63) is 72.3 Å². The zero-order chi connectivity index (χ0) is 20.1. The molecule has 0 bridgehead atoms. The van der Waals surface area contributed by atoms with Crippen molar-refractivity contribution >= 4 is 35.2 Å². The second-order valence-corrected chi connectivity index (χ2v) is 6.22. The van der Waals surface area contributed by atoms with Crippen LogP contribution in [0.15, 0.2) is 66.8 Å². The molecule has 0 radical (unpaired) electrons. The van der Waals surface area contributed by atoms with E-state index in [2.05, 4.69) is 11.9 Å². The highest BCUT2D eigenvalue weighted by Gasteiger charge is 2.32. The van der Waals surface area contributed by atoms with Crippen LogP contribution < -0.4 is 14.8 Å². The van der Waals surface area contributed by atoms with Crippen LogP contribution in [0.2, 0.25) is 0 Å². The van der Waals surface area contributed by atoms with Crippen molar-refractivity contribution in [1.29, 1.82) is 0 Å². The molecule has 0 aliphatic carbocycles. The monoisotopic (exact) mass is 394 g/mol. The molecule has 6 nitrogen and oxygen atoms in total. The number of ether oxygens (including phenoxy) is 2. The van der Waals surface area contributed by atoms with Crippen LogP contribution >= 0.6 is 12.2 Å². The number of thiocarbonyl (C=S) groups is 1. The van der Waals surface area contributed by atoms with E-state index < -0.39 is 11.8 Å². The van der Waals surface area contributed by atoms with Gasteiger partial charge in [0.05, 0.1) is 7.11 Å². The van der Waals surface area contributed by atoms with Gasteiger partial charge in [0, 0.05) is 12.1 Å². The zero-order valence-electron chi connectivity index (χ0n) is 15.2. The van der Waals surface area contributed by atoms with Gasteiger partial charge < -0.3 is 9.47 Å². The Morgan fingerprint density at radius 2 is 1.79 bits per heavy atom. The molecule has 2 amide bonds. The van der Waals surface area contributed by atoms with Crippen molar-refractivity contribution < 1.29 is 19.1 Å². The third-order valence-corrected chi connectivity index (χ3v) is 4.33. The smallest absolute Gasteiger partial charge is 0.265 e. The topological polar surface area (TPSA) is 67.9 Å². The Kier molecular flexibility index (Phi) is 5.86. The van der Waals surface area contributed by atoms with E-state index in [1.165, 1.54) is 11.0 Å². The van der Waals surface area contributed by atoms with E-state index in [1.54, 1.807) is 55.7 Å². The maximum absolute atomic E-state index is 12.7. The number of hydrogen-bond acceptors (Lipinski definition) is 5. The van der Waals surface area contributed by atoms with E-state index in [4.69, 9.17) is 21.7 Å². The van der Waals surface area contributed by atoms with Crippen molar-refractivity contribution in [3.8, 4) is 17.2 Å². The summed E-state index contributed by atoms with van der Waals surface area (Å²) in [6.45, 7) is 3.82. The Morgan fingerprint density at radius 1 is 1.11 bits per heavy atom. The first-order chi connectivity index (χ1) is 13.5. The molecular weight excluding hydrogens is 376 g/mol. The standard InChI is InChI=1S/C21H18N2O4S/c1-3-12-23-20(25)17(19(24)22-21(23)28)13-14-6-4-5-7-18(14)27-16-10-8-15(26-2)9-11-16/h3-11,13H,1,12H2,2H3,(H,22,24,28)/b17-13+. The molecule has 0 unspecified atom stereocenters. The van der Waals surface area contributed by atoms with Crippen LogP contribution in [-0.4, -0.2) is 35.5 Å². The second kappa shape index (κ2) is 8.49. The lowest BCUT2D eigenvalue weighted by Gasteiger charge is -2.27. The SMILES string of the molecule is C=CCN1C(=O)/C(=C/c2ccccc2Oc2ccc(OC)cc2)C(=O)NC1=S. The van der Waals surface area contributed by atoms with E-state index in [0.29, 0.717) is 22.8 Å². The Hall–Kier alpha value is -3.45. The molecule has 2 aromatic carbocycles. The fourth-order valence-electron chi connectivity index (χ4n) is 2.61. The van der Waals surface area contributed by atoms with E-state index in [9.17, 15) is 9.59 Å². The molecule has 1 aliphatic rings. The summed E-state index contributed by atoms with van der Waals surface area (Å²) in [5, 5.41) is 2.59. The first kappa shape index (κ1) is 19.3. The van der Waals surface area contributed by atoms with E-state index in [1.807, 2.05) is 6.07 Å². The number of carbonyl (C=O) groups is 2. The summed E-state index contributed by atoms with van der Waals surface area (Å²) in [4.78, 5) is 26.3. The molecule has 28 heavy (non-hydrogen) atoms. The number of carbonyl (C=O) groups excluding carboxylic acids is 2. The molecule has 0 spiro atoms. The first-order valence-corrected chi connectivity index (χ1v) is 8.85. The number of rotatable bonds is 6. The molecule has 1 saturated heterocycles. The van der Waals surface area contributed by atoms with Gasteiger partial charge in [-0.2, -0.15) is 0 Å². The predicted molar refractivity (Wildman–Crippen MR) is 110 cm³/mol. The average molecular weight is 394 g/mol. The van der Waals surface area contributed by atoms with Crippen LogP contribution in [0.1, 0.15) is 5.56 Å². The Labute approximate surface area is 168 Å². The zero-order valence-corrected chi connectivity index (χ0v) is 16.0. The van der Waals surface area contributed by atoms with Gasteiger partial charge in [-0.3, -0.25) is 19.8 Å². The van der Waals surface area contributed by atoms with Crippen molar-refractivity contribution in [2.75, 3.05) is 13.7 Å². The summed E-state index contributed by atoms with van der Waals surface area (Å²) in [6, 6.07) is 14.2. The number of para-hydroxylation sites is 1. The van der Waals surface area contributed by atoms with E-state index in [-0.39, 0.29) is 17.2 Å². The normalized spacial score (nSPS) is 15.4. The summed E-state index contributed by atoms with van der Waals surface area (Å²) in [7, 11) is 1.59. The van der Waals surface area contributed by atoms with Gasteiger partial charge in [0.15, 0.2) is 5.11 Å². The Bertz CT molecular complexity index is 967. The van der Waals surface area contributed by atoms with Gasteiger partial charge >= 0.3 is 0 Å². The number of amides is 2. The maximum atomic E-state index is 12.7. The Balaban J connectivity index is 1.92. The molecule has 0 atom stereocenters. The molecule has 0 aromatic heterocycles. The van der Waals surface area contributed by atoms with Gasteiger partial charge in [0.25, 0.3) is 11.8 Å². The van der Waals surface area contributed by atoms with Crippen LogP contribution in [0, 0.1) is 0 Å². The fourth-order valence-corrected chi connectivity index (χ4v) is 2.86. The highest BCUT2D eigenvalue weighted by molar-refractivity contribution is 7.80. The van der Waals surface area contributed by atoms with Gasteiger partial charge in [-0.25, -0.2) is 0 Å². The van der Waals surface area contributed by atoms with Crippen LogP contribution in [-0.2, 0) is 9.59 Å². The molecule has 7 heteroatoms. The molecule has 3 rings (SSSR count). The number of nitrogens with zero attached hydrogens (tertiary/aromatic N) is 1. The highest BCUT2D eigenvalue weighted by atomic mass is 32.1. The van der Waals surface area contributed by atoms with Gasteiger partial charge in [-0.15, -0.1) is 6.58 Å². The molecule has 1 N–H and O–H groups in total. The summed E-state index contributed by atoms with van der Waals surface area (Å²) >= 11 is 5.06. The minimum absolute atomic E-state index is 0.0266. The summed E-state index contributed by atoms with van der Waals surface area (Å²) in [5.74, 6) is 0.790. The Morgan fingerprint density at radius 3 is 2.46 bits per heavy atom. The number of methoxy groups -OCH3 is 1. The summed E-state index contributed by atoms with van der Waals surface area (Å²) < 4.78 is 11.1. The van der Waals surface area contributed by atoms with Gasteiger partial charge in [0.2, 0.25) is 0 Å². The average Bonchev–Trinajstić information content (AvgIpc) is 2.70. The number of benzene rings is 2. The van der Waals surface area contributed by atoms with E-state index in [0.717, 1.165) is 0 Å². The third kappa shape index (κ3) is 4.10. The lowest BCUT2D eigenvalue weighted by atomic mass is 10.1. The lowest BCUT2D eigenvalue weighted by molar-refractivity contribution is -0.128. The summed E-state index contributed by atoms with van der Waals surface area (Å²) in [5.41, 5.74) is 0.560. The van der Waals surface area contributed by atoms with Crippen molar-refractivity contribution in [2.24, 2.45) is 0 Å². The molecule has 1 aliphatic heterocycles. The van der Waals surface area contributed by atoms with Crippen LogP contribution in [0.5, 0.6) is 17.2 Å². The van der Waals surface area contributed by atoms with Crippen LogP contribution in [0.3, 0.4) is 0 Å². The minimum Gasteiger partial charge on any atom is -0.497 e. The molecule has 2 aromatic rings. The van der Waals surface area contributed by atoms with Crippen molar-refractivity contribution in [3.63, 3.8) is 0 Å². The van der Waals surface area contributed by atoms with Gasteiger partial charge in [-0.05, 0) is 48.6 Å². The molecule has 1 heterocycles. The molecule has 142 valence electrons. The fraction of sp³-hybridized carbons (Fsp3) is 0.0952. The predicted octanol–water partition coefficient (Wildman–Crippen LogP) is 3.30. The molecule has 1 fully saturated rings. The van der Waals surface area contributed by atoms with Crippen molar-refractivity contribution in [1.82, 2.24) is 10.2 Å². The quantitative estimate of drug-likeness (QED) is 0.352. The largest absolute Gasteiger partial charge is 0.497 e. The summed E-state index contributed by atoms with van der Waals surface area (Å²) in [6.07, 6.45) is 3.04. The number of nitrogens with one attached hydrogen (secondary N) is 1. The highest BCUT2D eigenvalue weighted by Crippen LogP contribution is 2.29. The van der Waals surface area contributed by atoms with Gasteiger partial charge in [0.1, 0.15) is 22.8 Å². The maximum Gasteiger partial charge on any atom is 0.265 e. The lowest BCUT2D eigenvalue weighted by Crippen LogP contribution is -2.53. The van der Waals surface area contributed by atoms with E-state index >= 15 is 0 Å². The molecule has 0 saturated carbocycles. The second-order valence-electron chi connectivity index (χ2n) is 5.84. The van der Waals surface area contributed by atoms with Crippen molar-refractivity contribution in [2.45, 2.75) is 0 Å². The van der Waals surface area contributed by atoms with Crippen LogP contribution in [0.4, 0.5) is 0 Å².